The zero-order chi connectivity index (χ0) is 85.1. The van der Waals surface area contributed by atoms with Gasteiger partial charge in [-0.15, -0.1) is 0 Å². The Labute approximate surface area is 1040 Å². The molecule has 2 aliphatic heterocycles. The van der Waals surface area contributed by atoms with E-state index in [-0.39, 0.29) is 342 Å². The number of ether oxygens (including phenoxy) is 2. The molecule has 66 heteroatoms. The van der Waals surface area contributed by atoms with Crippen LogP contribution in [0.4, 0.5) is 8.78 Å². The van der Waals surface area contributed by atoms with Crippen LogP contribution in [0.2, 0.25) is 36.3 Å². The molecular weight excluding hydrogens is 4450 g/mol. The SMILES string of the molecule is CC(CO[Si](C)(C)C(C)(C)C)SSCCCCO.S=S=S=S=S=S=S=S=S=S=S=S=S=S=S=S=S=S=S=S=S=S=S=S=S=S=S=S.[2H]CC1OC(n2ccc(=O)[nH]c2=O)C(F)C1O.[2H]CC1OC(n2ccc(=O)[nH]c2=O)C(F)C1OP(OCCCCSSC(C)CO[Si](C)(C)C(C)(C)C)N(C(C)C)C(C)C.[3H]OC.[3H]OC.[U].[U].[U].[U].[U].[U].[U].[U].[U].[U]. The molecule has 0 aromatic carbocycles. The summed E-state index contributed by atoms with van der Waals surface area (Å²) < 4.78 is 95.8. The second kappa shape index (κ2) is 100. The third kappa shape index (κ3) is 78.1. The summed E-state index contributed by atoms with van der Waals surface area (Å²) in [6.45, 7) is 37.2. The number of aliphatic hydroxyl groups is 4. The topological polar surface area (TPSA) is 249 Å². The van der Waals surface area contributed by atoms with Gasteiger partial charge in [0.25, 0.3) is 19.6 Å². The van der Waals surface area contributed by atoms with Gasteiger partial charge in [-0.05, 0) is 103 Å². The molecule has 678 valence electrons. The average molecular weight is 4560 g/mol. The Bertz CT molecular complexity index is 4510. The number of unbranched alkanes of at least 4 members (excludes halogenated alkanes) is 2. The van der Waals surface area contributed by atoms with Crippen LogP contribution >= 0.6 is 51.7 Å². The molecule has 6 N–H and O–H groups in total. The molecular formula is C52H102F2N5O14PS32Si2U10. The van der Waals surface area contributed by atoms with E-state index in [2.05, 4.69) is 101 Å². The molecule has 19 nitrogen and oxygen atoms in total. The molecule has 0 radical (unpaired) electrons. The van der Waals surface area contributed by atoms with E-state index in [1.165, 1.54) is 38.2 Å². The van der Waals surface area contributed by atoms with Crippen LogP contribution in [-0.4, -0.2) is 175 Å². The molecule has 4 rings (SSSR count). The second-order valence-corrected chi connectivity index (χ2v) is 87.1. The minimum absolute atomic E-state index is 0. The van der Waals surface area contributed by atoms with Crippen molar-refractivity contribution in [2.75, 3.05) is 52.2 Å². The second-order valence-electron chi connectivity index (χ2n) is 24.3. The van der Waals surface area contributed by atoms with E-state index < -0.39 is 96.9 Å². The van der Waals surface area contributed by atoms with Gasteiger partial charge in [0.05, 0.1) is 18.8 Å². The minimum atomic E-state index is -1.81. The van der Waals surface area contributed by atoms with E-state index in [1.54, 1.807) is 124 Å². The van der Waals surface area contributed by atoms with Crippen LogP contribution in [0.1, 0.15) is 138 Å². The molecule has 0 bridgehead atoms. The van der Waals surface area contributed by atoms with Gasteiger partial charge in [0.2, 0.25) is 2.86 Å². The summed E-state index contributed by atoms with van der Waals surface area (Å²) in [4.78, 5) is 50.1. The Morgan fingerprint density at radius 2 is 0.856 bits per heavy atom. The van der Waals surface area contributed by atoms with Gasteiger partial charge in [-0.3, -0.25) is 28.7 Å². The zero-order valence-electron chi connectivity index (χ0n) is 71.1. The Hall–Kier alpha value is 15.7. The van der Waals surface area contributed by atoms with Crippen molar-refractivity contribution in [3.63, 3.8) is 0 Å². The average Bonchev–Trinajstić information content (AvgIpc) is 1.65. The first-order valence-corrected chi connectivity index (χ1v) is 79.1. The van der Waals surface area contributed by atoms with Crippen molar-refractivity contribution in [3.05, 3.63) is 66.2 Å². The molecule has 4 heterocycles. The molecule has 11 unspecified atom stereocenters. The van der Waals surface area contributed by atoms with Gasteiger partial charge >= 0.3 is 11.4 Å². The maximum absolute atomic E-state index is 15.8. The van der Waals surface area contributed by atoms with Crippen LogP contribution in [0.5, 0.6) is 0 Å². The zero-order valence-corrected chi connectivity index (χ0v) is 138. The maximum atomic E-state index is 15.8. The van der Waals surface area contributed by atoms with Gasteiger partial charge in [0.15, 0.2) is 41.4 Å². The van der Waals surface area contributed by atoms with E-state index in [0.29, 0.717) is 28.8 Å². The van der Waals surface area contributed by atoms with Crippen molar-refractivity contribution >= 4 is 322 Å². The van der Waals surface area contributed by atoms with E-state index in [0.717, 1.165) is 77.9 Å². The molecule has 0 aliphatic carbocycles. The number of alkyl halides is 2. The largest absolute Gasteiger partial charge is 0.416 e. The fraction of sp³-hybridized carbons (Fsp3) is 0.846. The van der Waals surface area contributed by atoms with Gasteiger partial charge in [-0.2, -0.15) is 0 Å². The van der Waals surface area contributed by atoms with Gasteiger partial charge < -0.3 is 47.8 Å². The fourth-order valence-corrected chi connectivity index (χ4v) is 81.5. The van der Waals surface area contributed by atoms with Crippen molar-refractivity contribution in [3.8, 4) is 0 Å². The summed E-state index contributed by atoms with van der Waals surface area (Å²) in [5.41, 5.74) is -2.77. The van der Waals surface area contributed by atoms with E-state index >= 15 is 4.39 Å². The quantitative estimate of drug-likeness (QED) is 0.0211. The van der Waals surface area contributed by atoms with E-state index in [9.17, 15) is 28.7 Å². The van der Waals surface area contributed by atoms with Gasteiger partial charge in [0.1, 0.15) is 12.2 Å². The van der Waals surface area contributed by atoms with Crippen molar-refractivity contribution < 1.29 is 370 Å². The summed E-state index contributed by atoms with van der Waals surface area (Å²) in [6, 6.07) is 2.33. The van der Waals surface area contributed by atoms with Crippen LogP contribution in [-0.2, 0) is 281 Å². The molecule has 2 fully saturated rings. The Morgan fingerprint density at radius 1 is 0.551 bits per heavy atom. The van der Waals surface area contributed by atoms with Gasteiger partial charge in [-0.25, -0.2) is 23.0 Å². The number of aromatic nitrogens is 4. The summed E-state index contributed by atoms with van der Waals surface area (Å²) in [5.74, 6) is 2.10. The molecule has 2 aromatic heterocycles. The molecule has 0 spiro atoms. The summed E-state index contributed by atoms with van der Waals surface area (Å²) >= 11 is 9.56. The first-order valence-electron chi connectivity index (χ1n) is 33.6. The fourth-order valence-electron chi connectivity index (χ4n) is 6.87. The van der Waals surface area contributed by atoms with Crippen LogP contribution in [0.25, 0.3) is 0 Å². The van der Waals surface area contributed by atoms with Crippen molar-refractivity contribution in [2.45, 2.75) is 231 Å². The molecule has 2 aliphatic rings. The molecule has 2 saturated heterocycles. The monoisotopic (exact) mass is 4560 g/mol. The number of nitrogens with zero attached hydrogens (tertiary/aromatic N) is 3. The standard InChI is InChI=1S/C28H53FN3O6PS2Si.C13H30O2S2Si.C9H11FN2O4.2CH4O.S28.10U/c1-19(2)32(20(3)4)39(35-16-12-13-17-40-41-21(5)18-36-42(10,11)28(7,8)9)38-25-22(6)37-26(24(25)29)31-15-14-23(33)30-27(31)34;1-12(17-16-10-8-7-9-14)11-15-18(5,6)13(2,3)4;1-4-7(14)6(10)8(16-4)12-3-2-5(13)11-9(12)15;2*1-2;1-3-5-7-9-11-13-15-17-19-21-23-25-27-28-26-24-22-20-18-16-14-12-10-8-6-4-2;;;;;;;;;;/h14-15,19-22,24-26H,12-13,16-18H2,1-11H3,(H,30,33,34);12,14H,7-11H2,1-6H3;2-4,6-8,14H,1H3,(H,11,13,15);2*2H,1H3;;;;;;;;;;;/i6D;;1D;2*2T;;;;;;;;;;;. The normalized spacial score (nSPS) is 17.5. The summed E-state index contributed by atoms with van der Waals surface area (Å²) in [6.07, 6.45) is -4.49. The predicted molar refractivity (Wildman–Crippen MR) is 541 cm³/mol. The number of hydrogen-bond donors (Lipinski definition) is 6. The number of aliphatic hydroxyl groups excluding tert-OH is 4. The number of H-pyrrole nitrogens is 2. The number of rotatable bonds is 27. The van der Waals surface area contributed by atoms with Crippen LogP contribution in [0, 0.1) is 311 Å². The minimum Gasteiger partial charge on any atom is -0.416 e. The number of nitrogens with one attached hydrogen (secondary N) is 2. The molecule has 2 aromatic rings. The molecule has 0 amide bonds. The van der Waals surface area contributed by atoms with Crippen LogP contribution in [0.3, 0.4) is 0 Å². The smallest absolute Gasteiger partial charge is 0.330 e. The third-order valence-corrected chi connectivity index (χ3v) is 86.4. The van der Waals surface area contributed by atoms with Crippen molar-refractivity contribution in [2.24, 2.45) is 0 Å². The first kappa shape index (κ1) is 149. The third-order valence-electron chi connectivity index (χ3n) is 13.9. The molecule has 11 atom stereocenters. The number of aromatic amines is 2. The Balaban J connectivity index is -0.000000133. The first-order chi connectivity index (χ1) is 53.0. The molecule has 0 saturated carbocycles. The Morgan fingerprint density at radius 3 is 1.14 bits per heavy atom. The van der Waals surface area contributed by atoms with Gasteiger partial charge in [-0.1, -0.05) is 98.6 Å². The summed E-state index contributed by atoms with van der Waals surface area (Å²) in [7, 11) is 50.5. The van der Waals surface area contributed by atoms with Crippen molar-refractivity contribution in [1.29, 1.82) is 2.86 Å². The number of halogens is 2. The molecule has 118 heavy (non-hydrogen) atoms. The summed E-state index contributed by atoms with van der Waals surface area (Å²) in [5, 5.41) is 26.6. The number of hydrogen-bond acceptors (Lipinski definition) is 21. The maximum Gasteiger partial charge on any atom is 0.330 e. The predicted octanol–water partition coefficient (Wildman–Crippen LogP) is 9.96. The van der Waals surface area contributed by atoms with E-state index in [4.69, 9.17) is 60.5 Å². The van der Waals surface area contributed by atoms with Crippen LogP contribution < -0.4 is 22.5 Å². The van der Waals surface area contributed by atoms with Crippen LogP contribution in [0.15, 0.2) is 43.7 Å². The Kier molecular flexibility index (Phi) is 126. The van der Waals surface area contributed by atoms with Crippen molar-refractivity contribution in [1.82, 2.24) is 23.8 Å². The van der Waals surface area contributed by atoms with E-state index in [1.807, 2.05) is 165 Å². The van der Waals surface area contributed by atoms with Gasteiger partial charge in [0, 0.05) is 660 Å².